The number of rotatable bonds is 7. The van der Waals surface area contributed by atoms with E-state index in [4.69, 9.17) is 16.7 Å². The fraction of sp³-hybridized carbons (Fsp3) is 0.538. The Balaban J connectivity index is 2.93. The molecule has 1 unspecified atom stereocenters. The maximum Gasteiger partial charge on any atom is 0.238 e. The van der Waals surface area contributed by atoms with Crippen molar-refractivity contribution in [3.05, 3.63) is 23.2 Å². The molecule has 1 rings (SSSR count). The molecule has 1 aromatic rings. The van der Waals surface area contributed by atoms with Gasteiger partial charge in [-0.3, -0.25) is 0 Å². The summed E-state index contributed by atoms with van der Waals surface area (Å²) >= 11 is 6.08. The Morgan fingerprint density at radius 1 is 1.37 bits per heavy atom. The molecule has 1 aromatic carbocycles. The topological polar surface area (TPSA) is 72.2 Å². The van der Waals surface area contributed by atoms with Crippen molar-refractivity contribution in [3.63, 3.8) is 0 Å². The number of nitrogens with one attached hydrogen (secondary N) is 1. The molecule has 0 amide bonds. The highest BCUT2D eigenvalue weighted by Gasteiger charge is 2.13. The minimum atomic E-state index is -3.70. The molecule has 108 valence electrons. The lowest BCUT2D eigenvalue weighted by molar-refractivity contribution is 0.592. The van der Waals surface area contributed by atoms with Crippen LogP contribution in [0.2, 0.25) is 5.02 Å². The van der Waals surface area contributed by atoms with Crippen molar-refractivity contribution in [1.29, 1.82) is 0 Å². The van der Waals surface area contributed by atoms with Gasteiger partial charge in [-0.15, -0.1) is 0 Å². The van der Waals surface area contributed by atoms with Gasteiger partial charge in [-0.05, 0) is 31.0 Å². The zero-order valence-corrected chi connectivity index (χ0v) is 12.9. The van der Waals surface area contributed by atoms with Crippen LogP contribution in [-0.2, 0) is 10.0 Å². The van der Waals surface area contributed by atoms with Gasteiger partial charge in [-0.2, -0.15) is 0 Å². The number of anilines is 1. The number of nitrogens with two attached hydrogens (primary N) is 1. The maximum atomic E-state index is 11.3. The fourth-order valence-corrected chi connectivity index (χ4v) is 2.55. The number of hydrogen-bond donors (Lipinski definition) is 2. The van der Waals surface area contributed by atoms with Crippen molar-refractivity contribution < 1.29 is 8.42 Å². The largest absolute Gasteiger partial charge is 0.381 e. The highest BCUT2D eigenvalue weighted by Crippen LogP contribution is 2.26. The molecule has 6 heteroatoms. The minimum absolute atomic E-state index is 0.0738. The molecule has 4 nitrogen and oxygen atoms in total. The predicted molar refractivity (Wildman–Crippen MR) is 80.1 cm³/mol. The summed E-state index contributed by atoms with van der Waals surface area (Å²) < 4.78 is 22.7. The van der Waals surface area contributed by atoms with Crippen LogP contribution in [0.4, 0.5) is 5.69 Å². The number of halogens is 1. The van der Waals surface area contributed by atoms with Crippen LogP contribution >= 0.6 is 11.6 Å². The quantitative estimate of drug-likeness (QED) is 0.811. The molecule has 0 aliphatic heterocycles. The molecular formula is C13H21ClN2O2S. The lowest BCUT2D eigenvalue weighted by Gasteiger charge is -2.19. The SMILES string of the molecule is CCCCC(CC)Nc1cc(S(N)(=O)=O)ccc1Cl. The summed E-state index contributed by atoms with van der Waals surface area (Å²) in [4.78, 5) is 0.0738. The number of sulfonamides is 1. The van der Waals surface area contributed by atoms with Crippen molar-refractivity contribution in [2.45, 2.75) is 50.5 Å². The van der Waals surface area contributed by atoms with E-state index < -0.39 is 10.0 Å². The second-order valence-electron chi connectivity index (χ2n) is 4.58. The standard InChI is InChI=1S/C13H21ClN2O2S/c1-3-5-6-10(4-2)16-13-9-11(19(15,17)18)7-8-12(13)14/h7-10,16H,3-6H2,1-2H3,(H2,15,17,18). The van der Waals surface area contributed by atoms with Gasteiger partial charge in [0.1, 0.15) is 0 Å². The van der Waals surface area contributed by atoms with E-state index in [0.717, 1.165) is 25.7 Å². The van der Waals surface area contributed by atoms with E-state index in [2.05, 4.69) is 19.2 Å². The van der Waals surface area contributed by atoms with E-state index in [9.17, 15) is 8.42 Å². The molecule has 1 atom stereocenters. The van der Waals surface area contributed by atoms with Crippen molar-refractivity contribution in [3.8, 4) is 0 Å². The Hall–Kier alpha value is -0.780. The van der Waals surface area contributed by atoms with Gasteiger partial charge in [-0.1, -0.05) is 38.3 Å². The molecule has 0 aliphatic rings. The van der Waals surface area contributed by atoms with Gasteiger partial charge in [0.15, 0.2) is 0 Å². The van der Waals surface area contributed by atoms with Gasteiger partial charge < -0.3 is 5.32 Å². The Morgan fingerprint density at radius 3 is 2.58 bits per heavy atom. The molecule has 0 heterocycles. The first-order valence-corrected chi connectivity index (χ1v) is 8.39. The first kappa shape index (κ1) is 16.3. The summed E-state index contributed by atoms with van der Waals surface area (Å²) in [5, 5.41) is 8.92. The lowest BCUT2D eigenvalue weighted by Crippen LogP contribution is -2.19. The van der Waals surface area contributed by atoms with Gasteiger partial charge in [0.05, 0.1) is 15.6 Å². The monoisotopic (exact) mass is 304 g/mol. The van der Waals surface area contributed by atoms with Crippen LogP contribution in [0, 0.1) is 0 Å². The van der Waals surface area contributed by atoms with E-state index >= 15 is 0 Å². The summed E-state index contributed by atoms with van der Waals surface area (Å²) in [7, 11) is -3.70. The Morgan fingerprint density at radius 2 is 2.05 bits per heavy atom. The zero-order valence-electron chi connectivity index (χ0n) is 11.3. The van der Waals surface area contributed by atoms with Gasteiger partial charge in [0.2, 0.25) is 10.0 Å². The van der Waals surface area contributed by atoms with Crippen LogP contribution < -0.4 is 10.5 Å². The molecule has 0 spiro atoms. The molecule has 19 heavy (non-hydrogen) atoms. The number of benzene rings is 1. The van der Waals surface area contributed by atoms with Crippen LogP contribution in [0.1, 0.15) is 39.5 Å². The molecular weight excluding hydrogens is 284 g/mol. The first-order valence-electron chi connectivity index (χ1n) is 6.47. The zero-order chi connectivity index (χ0) is 14.5. The van der Waals surface area contributed by atoms with Crippen LogP contribution in [-0.4, -0.2) is 14.5 Å². The average molecular weight is 305 g/mol. The average Bonchev–Trinajstić information content (AvgIpc) is 2.35. The van der Waals surface area contributed by atoms with Crippen molar-refractivity contribution >= 4 is 27.3 Å². The van der Waals surface area contributed by atoms with Gasteiger partial charge in [0, 0.05) is 6.04 Å². The first-order chi connectivity index (χ1) is 8.88. The summed E-state index contributed by atoms with van der Waals surface area (Å²) in [5.41, 5.74) is 0.621. The van der Waals surface area contributed by atoms with E-state index in [1.54, 1.807) is 6.07 Å². The molecule has 0 radical (unpaired) electrons. The molecule has 0 fully saturated rings. The van der Waals surface area contributed by atoms with Gasteiger partial charge in [0.25, 0.3) is 0 Å². The number of unbranched alkanes of at least 4 members (excludes halogenated alkanes) is 1. The second kappa shape index (κ2) is 7.12. The Kier molecular flexibility index (Phi) is 6.10. The Labute approximate surface area is 120 Å². The van der Waals surface area contributed by atoms with E-state index in [0.29, 0.717) is 10.7 Å². The lowest BCUT2D eigenvalue weighted by atomic mass is 10.1. The molecule has 0 bridgehead atoms. The van der Waals surface area contributed by atoms with Crippen LogP contribution in [0.15, 0.2) is 23.1 Å². The Bertz CT molecular complexity index is 517. The maximum absolute atomic E-state index is 11.3. The van der Waals surface area contributed by atoms with Gasteiger partial charge >= 0.3 is 0 Å². The normalized spacial score (nSPS) is 13.3. The van der Waals surface area contributed by atoms with E-state index in [1.165, 1.54) is 12.1 Å². The molecule has 0 saturated heterocycles. The molecule has 3 N–H and O–H groups in total. The fourth-order valence-electron chi connectivity index (χ4n) is 1.84. The van der Waals surface area contributed by atoms with Crippen LogP contribution in [0.25, 0.3) is 0 Å². The third-order valence-corrected chi connectivity index (χ3v) is 4.27. The summed E-state index contributed by atoms with van der Waals surface area (Å²) in [6.45, 7) is 4.23. The van der Waals surface area contributed by atoms with E-state index in [-0.39, 0.29) is 10.9 Å². The summed E-state index contributed by atoms with van der Waals surface area (Å²) in [6.07, 6.45) is 4.24. The second-order valence-corrected chi connectivity index (χ2v) is 6.55. The van der Waals surface area contributed by atoms with Crippen molar-refractivity contribution in [1.82, 2.24) is 0 Å². The highest BCUT2D eigenvalue weighted by molar-refractivity contribution is 7.89. The third-order valence-electron chi connectivity index (χ3n) is 3.02. The van der Waals surface area contributed by atoms with E-state index in [1.807, 2.05) is 0 Å². The highest BCUT2D eigenvalue weighted by atomic mass is 35.5. The van der Waals surface area contributed by atoms with Crippen LogP contribution in [0.3, 0.4) is 0 Å². The number of primary sulfonamides is 1. The van der Waals surface area contributed by atoms with Gasteiger partial charge in [-0.25, -0.2) is 13.6 Å². The smallest absolute Gasteiger partial charge is 0.238 e. The predicted octanol–water partition coefficient (Wildman–Crippen LogP) is 3.37. The van der Waals surface area contributed by atoms with Crippen molar-refractivity contribution in [2.75, 3.05) is 5.32 Å². The summed E-state index contributed by atoms with van der Waals surface area (Å²) in [5.74, 6) is 0. The molecule has 0 aromatic heterocycles. The molecule has 0 saturated carbocycles. The molecule has 0 aliphatic carbocycles. The summed E-state index contributed by atoms with van der Waals surface area (Å²) in [6, 6.07) is 4.74. The minimum Gasteiger partial charge on any atom is -0.381 e. The van der Waals surface area contributed by atoms with Crippen LogP contribution in [0.5, 0.6) is 0 Å². The number of hydrogen-bond acceptors (Lipinski definition) is 3. The van der Waals surface area contributed by atoms with Crippen molar-refractivity contribution in [2.24, 2.45) is 5.14 Å². The third kappa shape index (κ3) is 5.01.